The molecule has 5 nitrogen and oxygen atoms in total. The summed E-state index contributed by atoms with van der Waals surface area (Å²) in [5, 5.41) is 0.681. The Hall–Kier alpha value is -2.95. The highest BCUT2D eigenvalue weighted by molar-refractivity contribution is 6.02. The molecule has 124 valence electrons. The van der Waals surface area contributed by atoms with Crippen LogP contribution < -0.4 is 5.73 Å². The average molecular weight is 323 g/mol. The molecule has 3 rings (SSSR count). The normalized spacial score (nSPS) is 9.96. The van der Waals surface area contributed by atoms with Crippen LogP contribution in [0, 0.1) is 0 Å². The molecule has 5 heteroatoms. The van der Waals surface area contributed by atoms with Crippen LogP contribution in [0.2, 0.25) is 0 Å². The molecule has 0 spiro atoms. The Balaban J connectivity index is 0.00000100. The van der Waals surface area contributed by atoms with Crippen LogP contribution in [-0.2, 0) is 4.74 Å². The van der Waals surface area contributed by atoms with Crippen LogP contribution in [0.5, 0.6) is 0 Å². The first-order chi connectivity index (χ1) is 11.7. The van der Waals surface area contributed by atoms with Gasteiger partial charge in [0.15, 0.2) is 11.5 Å². The van der Waals surface area contributed by atoms with E-state index in [1.165, 1.54) is 0 Å². The maximum absolute atomic E-state index is 12.2. The monoisotopic (exact) mass is 323 g/mol. The fraction of sp³-hybridized carbons (Fsp3) is 0.211. The molecule has 0 aliphatic heterocycles. The lowest BCUT2D eigenvalue weighted by atomic mass is 10.1. The molecule has 0 unspecified atom stereocenters. The summed E-state index contributed by atoms with van der Waals surface area (Å²) in [7, 11) is 0. The number of hydrogen-bond donors (Lipinski definition) is 1. The van der Waals surface area contributed by atoms with Crippen molar-refractivity contribution in [3.05, 3.63) is 54.2 Å². The highest BCUT2D eigenvalue weighted by Gasteiger charge is 2.16. The van der Waals surface area contributed by atoms with Crippen molar-refractivity contribution in [2.45, 2.75) is 20.8 Å². The molecule has 2 aromatic carbocycles. The number of ether oxygens (including phenoxy) is 1. The zero-order valence-corrected chi connectivity index (χ0v) is 14.1. The van der Waals surface area contributed by atoms with Gasteiger partial charge in [0, 0.05) is 16.6 Å². The molecular formula is C19H21N3O2. The second-order valence-electron chi connectivity index (χ2n) is 4.76. The number of benzene rings is 2. The zero-order valence-electron chi connectivity index (χ0n) is 14.1. The van der Waals surface area contributed by atoms with Gasteiger partial charge in [0.05, 0.1) is 12.1 Å². The maximum atomic E-state index is 12.2. The van der Waals surface area contributed by atoms with Crippen LogP contribution in [0.4, 0.5) is 5.69 Å². The molecule has 1 heterocycles. The summed E-state index contributed by atoms with van der Waals surface area (Å²) in [6.45, 7) is 6.07. The van der Waals surface area contributed by atoms with Gasteiger partial charge in [-0.05, 0) is 37.3 Å². The van der Waals surface area contributed by atoms with E-state index in [-0.39, 0.29) is 5.69 Å². The number of nitrogens with zero attached hydrogens (tertiary/aromatic N) is 2. The van der Waals surface area contributed by atoms with Crippen molar-refractivity contribution in [3.8, 4) is 11.4 Å². The number of anilines is 1. The predicted octanol–water partition coefficient (Wildman–Crippen LogP) is 4.08. The van der Waals surface area contributed by atoms with E-state index in [4.69, 9.17) is 10.5 Å². The van der Waals surface area contributed by atoms with E-state index in [0.29, 0.717) is 29.0 Å². The van der Waals surface area contributed by atoms with Crippen LogP contribution >= 0.6 is 0 Å². The van der Waals surface area contributed by atoms with E-state index in [1.807, 2.05) is 50.2 Å². The van der Waals surface area contributed by atoms with E-state index in [1.54, 1.807) is 19.1 Å². The molecule has 0 saturated heterocycles. The van der Waals surface area contributed by atoms with Gasteiger partial charge in [-0.2, -0.15) is 0 Å². The topological polar surface area (TPSA) is 78.1 Å². The number of rotatable bonds is 3. The third kappa shape index (κ3) is 3.68. The molecule has 3 aromatic rings. The Morgan fingerprint density at radius 3 is 2.38 bits per heavy atom. The van der Waals surface area contributed by atoms with E-state index in [2.05, 4.69) is 9.97 Å². The lowest BCUT2D eigenvalue weighted by molar-refractivity contribution is 0.0522. The largest absolute Gasteiger partial charge is 0.461 e. The number of nitrogen functional groups attached to an aromatic ring is 1. The van der Waals surface area contributed by atoms with Crippen LogP contribution in [-0.4, -0.2) is 22.5 Å². The van der Waals surface area contributed by atoms with Gasteiger partial charge >= 0.3 is 5.97 Å². The lowest BCUT2D eigenvalue weighted by Crippen LogP contribution is -2.09. The average Bonchev–Trinajstić information content (AvgIpc) is 2.63. The number of carbonyl (C=O) groups excluding carboxylic acids is 1. The van der Waals surface area contributed by atoms with Gasteiger partial charge in [-0.25, -0.2) is 14.8 Å². The van der Waals surface area contributed by atoms with Crippen molar-refractivity contribution in [3.63, 3.8) is 0 Å². The Kier molecular flexibility index (Phi) is 5.84. The number of para-hydroxylation sites is 1. The predicted molar refractivity (Wildman–Crippen MR) is 96.7 cm³/mol. The Bertz CT molecular complexity index is 830. The number of carbonyl (C=O) groups is 1. The fourth-order valence-corrected chi connectivity index (χ4v) is 2.19. The quantitative estimate of drug-likeness (QED) is 0.580. The molecular weight excluding hydrogens is 302 g/mol. The molecule has 0 amide bonds. The van der Waals surface area contributed by atoms with Crippen molar-refractivity contribution in [1.29, 1.82) is 0 Å². The van der Waals surface area contributed by atoms with E-state index < -0.39 is 5.97 Å². The molecule has 0 fully saturated rings. The molecule has 2 N–H and O–H groups in total. The molecule has 0 aliphatic rings. The molecule has 0 bridgehead atoms. The Morgan fingerprint density at radius 1 is 1.04 bits per heavy atom. The van der Waals surface area contributed by atoms with Crippen LogP contribution in [0.3, 0.4) is 0 Å². The molecule has 0 radical (unpaired) electrons. The Morgan fingerprint density at radius 2 is 1.71 bits per heavy atom. The standard InChI is InChI=1S/C17H15N3O2.C2H6/c1-2-22-17(21)15-13-5-3-4-6-14(13)19-16(20-15)11-7-9-12(18)10-8-11;1-2/h3-10H,2,18H2,1H3;1-2H3. The number of esters is 1. The van der Waals surface area contributed by atoms with Gasteiger partial charge in [-0.1, -0.05) is 32.0 Å². The first kappa shape index (κ1) is 17.4. The summed E-state index contributed by atoms with van der Waals surface area (Å²) >= 11 is 0. The van der Waals surface area contributed by atoms with Gasteiger partial charge in [0.1, 0.15) is 0 Å². The minimum Gasteiger partial charge on any atom is -0.461 e. The summed E-state index contributed by atoms with van der Waals surface area (Å²) in [4.78, 5) is 21.1. The third-order valence-electron chi connectivity index (χ3n) is 3.24. The van der Waals surface area contributed by atoms with Gasteiger partial charge in [0.25, 0.3) is 0 Å². The molecule has 24 heavy (non-hydrogen) atoms. The summed E-state index contributed by atoms with van der Waals surface area (Å²) in [5.74, 6) is 0.0274. The van der Waals surface area contributed by atoms with Crippen molar-refractivity contribution < 1.29 is 9.53 Å². The zero-order chi connectivity index (χ0) is 17.5. The fourth-order valence-electron chi connectivity index (χ4n) is 2.19. The molecule has 0 saturated carbocycles. The summed E-state index contributed by atoms with van der Waals surface area (Å²) in [6, 6.07) is 14.6. The van der Waals surface area contributed by atoms with Crippen molar-refractivity contribution in [2.24, 2.45) is 0 Å². The van der Waals surface area contributed by atoms with E-state index >= 15 is 0 Å². The van der Waals surface area contributed by atoms with Gasteiger partial charge in [-0.15, -0.1) is 0 Å². The third-order valence-corrected chi connectivity index (χ3v) is 3.24. The minimum absolute atomic E-state index is 0.277. The first-order valence-electron chi connectivity index (χ1n) is 7.99. The van der Waals surface area contributed by atoms with Gasteiger partial charge < -0.3 is 10.5 Å². The number of fused-ring (bicyclic) bond motifs is 1. The van der Waals surface area contributed by atoms with Crippen LogP contribution in [0.1, 0.15) is 31.3 Å². The number of hydrogen-bond acceptors (Lipinski definition) is 5. The van der Waals surface area contributed by atoms with Crippen molar-refractivity contribution >= 4 is 22.6 Å². The molecule has 1 aromatic heterocycles. The van der Waals surface area contributed by atoms with E-state index in [9.17, 15) is 4.79 Å². The van der Waals surface area contributed by atoms with Gasteiger partial charge in [-0.3, -0.25) is 0 Å². The number of nitrogens with two attached hydrogens (primary N) is 1. The van der Waals surface area contributed by atoms with Crippen LogP contribution in [0.15, 0.2) is 48.5 Å². The SMILES string of the molecule is CC.CCOC(=O)c1nc(-c2ccc(N)cc2)nc2ccccc12. The maximum Gasteiger partial charge on any atom is 0.357 e. The summed E-state index contributed by atoms with van der Waals surface area (Å²) in [6.07, 6.45) is 0. The summed E-state index contributed by atoms with van der Waals surface area (Å²) in [5.41, 5.74) is 8.14. The molecule has 0 aliphatic carbocycles. The number of aromatic nitrogens is 2. The highest BCUT2D eigenvalue weighted by atomic mass is 16.5. The van der Waals surface area contributed by atoms with Gasteiger partial charge in [0.2, 0.25) is 0 Å². The Labute approximate surface area is 141 Å². The summed E-state index contributed by atoms with van der Waals surface area (Å²) < 4.78 is 5.10. The van der Waals surface area contributed by atoms with Crippen molar-refractivity contribution in [1.82, 2.24) is 9.97 Å². The second kappa shape index (κ2) is 8.06. The van der Waals surface area contributed by atoms with Crippen LogP contribution in [0.25, 0.3) is 22.3 Å². The smallest absolute Gasteiger partial charge is 0.357 e. The molecule has 0 atom stereocenters. The van der Waals surface area contributed by atoms with Crippen molar-refractivity contribution in [2.75, 3.05) is 12.3 Å². The highest BCUT2D eigenvalue weighted by Crippen LogP contribution is 2.23. The van der Waals surface area contributed by atoms with E-state index in [0.717, 1.165) is 5.56 Å². The minimum atomic E-state index is -0.446. The second-order valence-corrected chi connectivity index (χ2v) is 4.76. The lowest BCUT2D eigenvalue weighted by Gasteiger charge is -2.08. The first-order valence-corrected chi connectivity index (χ1v) is 7.99.